The molecule has 0 aromatic rings. The third-order valence-corrected chi connectivity index (χ3v) is 3.68. The average molecular weight is 371 g/mol. The molecule has 1 aliphatic rings. The minimum absolute atomic E-state index is 0. The highest BCUT2D eigenvalue weighted by Crippen LogP contribution is 2.24. The van der Waals surface area contributed by atoms with Crippen LogP contribution < -0.4 is 5.73 Å². The first kappa shape index (κ1) is 17.4. The Labute approximate surface area is 127 Å². The van der Waals surface area contributed by atoms with Crippen molar-refractivity contribution in [2.24, 2.45) is 10.7 Å². The lowest BCUT2D eigenvalue weighted by atomic mass is 10.2. The van der Waals surface area contributed by atoms with Gasteiger partial charge >= 0.3 is 0 Å². The van der Waals surface area contributed by atoms with Gasteiger partial charge in [-0.25, -0.2) is 0 Å². The highest BCUT2D eigenvalue weighted by atomic mass is 127. The molecular formula is C12H26IN3S. The molecule has 1 fully saturated rings. The van der Waals surface area contributed by atoms with Crippen LogP contribution in [0.2, 0.25) is 0 Å². The second-order valence-electron chi connectivity index (χ2n) is 4.49. The third kappa shape index (κ3) is 8.13. The molecule has 102 valence electrons. The lowest BCUT2D eigenvalue weighted by Crippen LogP contribution is -2.35. The van der Waals surface area contributed by atoms with Gasteiger partial charge in [0.05, 0.1) is 0 Å². The molecule has 17 heavy (non-hydrogen) atoms. The topological polar surface area (TPSA) is 41.6 Å². The van der Waals surface area contributed by atoms with E-state index in [-0.39, 0.29) is 24.0 Å². The van der Waals surface area contributed by atoms with Gasteiger partial charge in [-0.15, -0.1) is 24.0 Å². The summed E-state index contributed by atoms with van der Waals surface area (Å²) < 4.78 is 0. The summed E-state index contributed by atoms with van der Waals surface area (Å²) in [6.07, 6.45) is 9.84. The van der Waals surface area contributed by atoms with Crippen LogP contribution in [0.3, 0.4) is 0 Å². The quantitative estimate of drug-likeness (QED) is 0.309. The summed E-state index contributed by atoms with van der Waals surface area (Å²) in [5.41, 5.74) is 5.89. The van der Waals surface area contributed by atoms with Crippen LogP contribution >= 0.6 is 35.7 Å². The van der Waals surface area contributed by atoms with E-state index in [0.717, 1.165) is 12.5 Å². The largest absolute Gasteiger partial charge is 0.370 e. The summed E-state index contributed by atoms with van der Waals surface area (Å²) in [6, 6.07) is 0.672. The lowest BCUT2D eigenvalue weighted by Gasteiger charge is -2.16. The number of guanidine groups is 1. The summed E-state index contributed by atoms with van der Waals surface area (Å²) in [5, 5.41) is 0. The molecule has 0 radical (unpaired) electrons. The summed E-state index contributed by atoms with van der Waals surface area (Å²) in [6.45, 7) is 0.891. The predicted molar refractivity (Wildman–Crippen MR) is 89.5 cm³/mol. The number of thioether (sulfide) groups is 1. The van der Waals surface area contributed by atoms with Crippen LogP contribution in [-0.2, 0) is 0 Å². The molecule has 0 aliphatic heterocycles. The molecule has 2 N–H and O–H groups in total. The molecule has 0 unspecified atom stereocenters. The van der Waals surface area contributed by atoms with Gasteiger partial charge in [-0.05, 0) is 37.7 Å². The summed E-state index contributed by atoms with van der Waals surface area (Å²) in [7, 11) is 2.05. The van der Waals surface area contributed by atoms with Crippen molar-refractivity contribution in [2.45, 2.75) is 44.6 Å². The second-order valence-corrected chi connectivity index (χ2v) is 5.47. The van der Waals surface area contributed by atoms with Crippen molar-refractivity contribution in [3.63, 3.8) is 0 Å². The fourth-order valence-electron chi connectivity index (χ4n) is 1.67. The van der Waals surface area contributed by atoms with Gasteiger partial charge in [0.15, 0.2) is 5.96 Å². The van der Waals surface area contributed by atoms with Crippen molar-refractivity contribution >= 4 is 41.7 Å². The second kappa shape index (κ2) is 10.3. The Balaban J connectivity index is 0.00000256. The van der Waals surface area contributed by atoms with Gasteiger partial charge in [0.2, 0.25) is 0 Å². The molecule has 1 saturated carbocycles. The van der Waals surface area contributed by atoms with Crippen LogP contribution in [0.5, 0.6) is 0 Å². The highest BCUT2D eigenvalue weighted by Gasteiger charge is 2.27. The Morgan fingerprint density at radius 2 is 1.94 bits per heavy atom. The minimum Gasteiger partial charge on any atom is -0.370 e. The number of nitrogens with zero attached hydrogens (tertiary/aromatic N) is 2. The van der Waals surface area contributed by atoms with Crippen LogP contribution in [0.4, 0.5) is 0 Å². The fraction of sp³-hybridized carbons (Fsp3) is 0.917. The van der Waals surface area contributed by atoms with E-state index in [1.54, 1.807) is 0 Å². The Bertz CT molecular complexity index is 220. The Hall–Kier alpha value is 0.350. The fourth-order valence-corrected chi connectivity index (χ4v) is 2.16. The maximum Gasteiger partial charge on any atom is 0.191 e. The van der Waals surface area contributed by atoms with Gasteiger partial charge in [0, 0.05) is 19.6 Å². The van der Waals surface area contributed by atoms with Gasteiger partial charge in [-0.3, -0.25) is 4.99 Å². The first-order chi connectivity index (χ1) is 7.75. The zero-order chi connectivity index (χ0) is 11.8. The van der Waals surface area contributed by atoms with Crippen LogP contribution in [0, 0.1) is 0 Å². The Morgan fingerprint density at radius 3 is 2.53 bits per heavy atom. The van der Waals surface area contributed by atoms with Crippen LogP contribution in [0.1, 0.15) is 38.5 Å². The predicted octanol–water partition coefficient (Wildman–Crippen LogP) is 2.94. The molecular weight excluding hydrogens is 345 g/mol. The van der Waals surface area contributed by atoms with E-state index in [2.05, 4.69) is 23.2 Å². The van der Waals surface area contributed by atoms with Crippen molar-refractivity contribution in [3.8, 4) is 0 Å². The van der Waals surface area contributed by atoms with Crippen molar-refractivity contribution in [3.05, 3.63) is 0 Å². The Morgan fingerprint density at radius 1 is 1.29 bits per heavy atom. The zero-order valence-electron chi connectivity index (χ0n) is 11.0. The third-order valence-electron chi connectivity index (χ3n) is 2.99. The van der Waals surface area contributed by atoms with Crippen molar-refractivity contribution in [1.82, 2.24) is 4.90 Å². The number of halogens is 1. The van der Waals surface area contributed by atoms with E-state index in [4.69, 9.17) is 5.73 Å². The van der Waals surface area contributed by atoms with Gasteiger partial charge in [0.1, 0.15) is 0 Å². The first-order valence-electron chi connectivity index (χ1n) is 6.27. The number of hydrogen-bond donors (Lipinski definition) is 1. The number of unbranched alkanes of at least 4 members (excludes halogenated alkanes) is 3. The molecule has 5 heteroatoms. The highest BCUT2D eigenvalue weighted by molar-refractivity contribution is 14.0. The van der Waals surface area contributed by atoms with Crippen molar-refractivity contribution in [1.29, 1.82) is 0 Å². The summed E-state index contributed by atoms with van der Waals surface area (Å²) in [4.78, 5) is 6.54. The molecule has 0 amide bonds. The average Bonchev–Trinajstić information content (AvgIpc) is 3.10. The molecule has 0 saturated heterocycles. The molecule has 0 bridgehead atoms. The molecule has 0 aromatic heterocycles. The lowest BCUT2D eigenvalue weighted by molar-refractivity contribution is 0.486. The SMILES string of the molecule is CSCCCCCCN=C(N)N(C)C1CC1.I. The molecule has 0 heterocycles. The number of hydrogen-bond acceptors (Lipinski definition) is 2. The zero-order valence-corrected chi connectivity index (χ0v) is 14.2. The normalized spacial score (nSPS) is 15.5. The maximum absolute atomic E-state index is 5.89. The van der Waals surface area contributed by atoms with Gasteiger partial charge < -0.3 is 10.6 Å². The van der Waals surface area contributed by atoms with E-state index in [1.807, 2.05) is 11.8 Å². The number of nitrogens with two attached hydrogens (primary N) is 1. The number of aliphatic imine (C=N–C) groups is 1. The van der Waals surface area contributed by atoms with Crippen LogP contribution in [-0.4, -0.2) is 42.5 Å². The minimum atomic E-state index is 0. The van der Waals surface area contributed by atoms with E-state index in [9.17, 15) is 0 Å². The van der Waals surface area contributed by atoms with E-state index < -0.39 is 0 Å². The first-order valence-corrected chi connectivity index (χ1v) is 7.66. The summed E-state index contributed by atoms with van der Waals surface area (Å²) >= 11 is 1.93. The van der Waals surface area contributed by atoms with Crippen molar-refractivity contribution in [2.75, 3.05) is 25.6 Å². The van der Waals surface area contributed by atoms with E-state index >= 15 is 0 Å². The monoisotopic (exact) mass is 371 g/mol. The van der Waals surface area contributed by atoms with Gasteiger partial charge in [-0.1, -0.05) is 12.8 Å². The summed E-state index contributed by atoms with van der Waals surface area (Å²) in [5.74, 6) is 2.02. The molecule has 0 aromatic carbocycles. The van der Waals surface area contributed by atoms with Crippen LogP contribution in [0.15, 0.2) is 4.99 Å². The van der Waals surface area contributed by atoms with Crippen LogP contribution in [0.25, 0.3) is 0 Å². The van der Waals surface area contributed by atoms with Crippen molar-refractivity contribution < 1.29 is 0 Å². The smallest absolute Gasteiger partial charge is 0.191 e. The molecule has 0 spiro atoms. The Kier molecular flexibility index (Phi) is 10.5. The molecule has 1 aliphatic carbocycles. The van der Waals surface area contributed by atoms with E-state index in [0.29, 0.717) is 6.04 Å². The molecule has 3 nitrogen and oxygen atoms in total. The molecule has 0 atom stereocenters. The van der Waals surface area contributed by atoms with Gasteiger partial charge in [-0.2, -0.15) is 11.8 Å². The van der Waals surface area contributed by atoms with E-state index in [1.165, 1.54) is 44.3 Å². The molecule has 1 rings (SSSR count). The maximum atomic E-state index is 5.89. The van der Waals surface area contributed by atoms with Gasteiger partial charge in [0.25, 0.3) is 0 Å². The number of rotatable bonds is 8. The standard InChI is InChI=1S/C12H25N3S.HI/c1-15(11-7-8-11)12(13)14-9-5-3-4-6-10-16-2;/h11H,3-10H2,1-2H3,(H2,13,14);1H.